The molecule has 2 fully saturated rings. The lowest BCUT2D eigenvalue weighted by Gasteiger charge is -2.33. The molecular formula is C20H28N6O. The average molecular weight is 368 g/mol. The molecule has 2 aromatic rings. The fourth-order valence-corrected chi connectivity index (χ4v) is 4.11. The van der Waals surface area contributed by atoms with Crippen molar-refractivity contribution in [3.05, 3.63) is 24.7 Å². The monoisotopic (exact) mass is 368 g/mol. The maximum atomic E-state index is 12.6. The summed E-state index contributed by atoms with van der Waals surface area (Å²) in [6.45, 7) is 6.00. The number of pyridine rings is 1. The number of hydrogen-bond donors (Lipinski definition) is 1. The van der Waals surface area contributed by atoms with Gasteiger partial charge in [-0.05, 0) is 57.8 Å². The molecular weight excluding hydrogens is 340 g/mol. The number of piperidine rings is 1. The van der Waals surface area contributed by atoms with Gasteiger partial charge < -0.3 is 15.1 Å². The Kier molecular flexibility index (Phi) is 5.77. The van der Waals surface area contributed by atoms with Crippen LogP contribution in [-0.2, 0) is 4.79 Å². The van der Waals surface area contributed by atoms with E-state index in [1.54, 1.807) is 12.4 Å². The number of carbonyl (C=O) groups is 1. The van der Waals surface area contributed by atoms with Crippen molar-refractivity contribution in [1.29, 1.82) is 0 Å². The van der Waals surface area contributed by atoms with Crippen LogP contribution in [0.4, 0.5) is 5.69 Å². The van der Waals surface area contributed by atoms with E-state index in [2.05, 4.69) is 30.1 Å². The van der Waals surface area contributed by atoms with Crippen LogP contribution in [0.2, 0.25) is 0 Å². The van der Waals surface area contributed by atoms with Gasteiger partial charge in [0.2, 0.25) is 5.91 Å². The Morgan fingerprint density at radius 2 is 1.96 bits per heavy atom. The van der Waals surface area contributed by atoms with Gasteiger partial charge in [0.15, 0.2) is 5.65 Å². The summed E-state index contributed by atoms with van der Waals surface area (Å²) < 4.78 is 0. The smallest absolute Gasteiger partial charge is 0.224 e. The van der Waals surface area contributed by atoms with Gasteiger partial charge in [0.25, 0.3) is 0 Å². The predicted molar refractivity (Wildman–Crippen MR) is 106 cm³/mol. The van der Waals surface area contributed by atoms with E-state index in [-0.39, 0.29) is 11.8 Å². The van der Waals surface area contributed by atoms with Gasteiger partial charge in [-0.1, -0.05) is 0 Å². The van der Waals surface area contributed by atoms with Crippen molar-refractivity contribution in [2.75, 3.05) is 44.2 Å². The van der Waals surface area contributed by atoms with Crippen LogP contribution < -0.4 is 10.2 Å². The minimum Gasteiger partial charge on any atom is -0.369 e. The zero-order valence-electron chi connectivity index (χ0n) is 15.8. The molecule has 7 heteroatoms. The third-order valence-electron chi connectivity index (χ3n) is 5.62. The number of aromatic nitrogens is 3. The SMILES string of the molecule is O=C(NCCCN1CCCC1)[C@H]1CCCN(c2cnc3nccnc3c2)C1. The van der Waals surface area contributed by atoms with Crippen LogP contribution in [-0.4, -0.2) is 65.0 Å². The second kappa shape index (κ2) is 8.61. The van der Waals surface area contributed by atoms with Crippen LogP contribution in [0.25, 0.3) is 11.2 Å². The summed E-state index contributed by atoms with van der Waals surface area (Å²) in [6.07, 6.45) is 10.8. The Bertz CT molecular complexity index is 776. The normalized spacial score (nSPS) is 20.9. The van der Waals surface area contributed by atoms with Gasteiger partial charge in [0, 0.05) is 32.0 Å². The van der Waals surface area contributed by atoms with E-state index in [0.29, 0.717) is 5.65 Å². The molecule has 0 aromatic carbocycles. The molecule has 0 aliphatic carbocycles. The van der Waals surface area contributed by atoms with Gasteiger partial charge in [-0.3, -0.25) is 9.78 Å². The summed E-state index contributed by atoms with van der Waals surface area (Å²) in [6, 6.07) is 2.02. The van der Waals surface area contributed by atoms with Crippen LogP contribution in [0.1, 0.15) is 32.1 Å². The second-order valence-electron chi connectivity index (χ2n) is 7.57. The summed E-state index contributed by atoms with van der Waals surface area (Å²) >= 11 is 0. The van der Waals surface area contributed by atoms with Gasteiger partial charge in [0.1, 0.15) is 5.52 Å². The summed E-state index contributed by atoms with van der Waals surface area (Å²) in [5, 5.41) is 3.15. The highest BCUT2D eigenvalue weighted by Gasteiger charge is 2.26. The van der Waals surface area contributed by atoms with E-state index in [4.69, 9.17) is 0 Å². The van der Waals surface area contributed by atoms with Gasteiger partial charge in [-0.2, -0.15) is 0 Å². The number of nitrogens with one attached hydrogen (secondary N) is 1. The lowest BCUT2D eigenvalue weighted by molar-refractivity contribution is -0.125. The molecule has 144 valence electrons. The number of likely N-dealkylation sites (tertiary alicyclic amines) is 1. The fraction of sp³-hybridized carbons (Fsp3) is 0.600. The molecule has 0 unspecified atom stereocenters. The highest BCUT2D eigenvalue weighted by molar-refractivity contribution is 5.80. The Morgan fingerprint density at radius 3 is 2.85 bits per heavy atom. The number of fused-ring (bicyclic) bond motifs is 1. The summed E-state index contributed by atoms with van der Waals surface area (Å²) in [5.41, 5.74) is 2.48. The predicted octanol–water partition coefficient (Wildman–Crippen LogP) is 1.84. The molecule has 2 aliphatic rings. The Labute approximate surface area is 160 Å². The Balaban J connectivity index is 1.29. The zero-order chi connectivity index (χ0) is 18.5. The van der Waals surface area contributed by atoms with Crippen molar-refractivity contribution < 1.29 is 4.79 Å². The average Bonchev–Trinajstić information content (AvgIpc) is 3.24. The number of nitrogens with zero attached hydrogens (tertiary/aromatic N) is 5. The minimum absolute atomic E-state index is 0.0445. The molecule has 0 saturated carbocycles. The first-order chi connectivity index (χ1) is 13.3. The van der Waals surface area contributed by atoms with Crippen molar-refractivity contribution >= 4 is 22.8 Å². The summed E-state index contributed by atoms with van der Waals surface area (Å²) in [7, 11) is 0. The number of rotatable bonds is 6. The van der Waals surface area contributed by atoms with Gasteiger partial charge in [0.05, 0.1) is 17.8 Å². The highest BCUT2D eigenvalue weighted by atomic mass is 16.1. The topological polar surface area (TPSA) is 74.2 Å². The van der Waals surface area contributed by atoms with Crippen molar-refractivity contribution in [2.24, 2.45) is 5.92 Å². The Morgan fingerprint density at radius 1 is 1.11 bits per heavy atom. The van der Waals surface area contributed by atoms with Gasteiger partial charge in [-0.25, -0.2) is 9.97 Å². The zero-order valence-corrected chi connectivity index (χ0v) is 15.8. The third-order valence-corrected chi connectivity index (χ3v) is 5.62. The fourth-order valence-electron chi connectivity index (χ4n) is 4.11. The molecule has 0 spiro atoms. The van der Waals surface area contributed by atoms with Crippen LogP contribution in [0.5, 0.6) is 0 Å². The van der Waals surface area contributed by atoms with Crippen molar-refractivity contribution in [3.8, 4) is 0 Å². The first-order valence-electron chi connectivity index (χ1n) is 10.1. The number of carbonyl (C=O) groups excluding carboxylic acids is 1. The van der Waals surface area contributed by atoms with E-state index in [1.807, 2.05) is 12.3 Å². The molecule has 2 aromatic heterocycles. The lowest BCUT2D eigenvalue weighted by Crippen LogP contribution is -2.43. The molecule has 1 amide bonds. The van der Waals surface area contributed by atoms with Crippen LogP contribution >= 0.6 is 0 Å². The molecule has 27 heavy (non-hydrogen) atoms. The maximum Gasteiger partial charge on any atom is 0.224 e. The van der Waals surface area contributed by atoms with Crippen molar-refractivity contribution in [1.82, 2.24) is 25.2 Å². The minimum atomic E-state index is 0.0445. The van der Waals surface area contributed by atoms with Crippen LogP contribution in [0.15, 0.2) is 24.7 Å². The largest absolute Gasteiger partial charge is 0.369 e. The third kappa shape index (κ3) is 4.53. The number of amides is 1. The highest BCUT2D eigenvalue weighted by Crippen LogP contribution is 2.24. The molecule has 2 aliphatic heterocycles. The first kappa shape index (κ1) is 18.1. The molecule has 1 N–H and O–H groups in total. The van der Waals surface area contributed by atoms with Gasteiger partial charge >= 0.3 is 0 Å². The quantitative estimate of drug-likeness (QED) is 0.785. The molecule has 1 atom stereocenters. The van der Waals surface area contributed by atoms with E-state index in [9.17, 15) is 4.79 Å². The van der Waals surface area contributed by atoms with E-state index in [0.717, 1.165) is 56.6 Å². The van der Waals surface area contributed by atoms with Gasteiger partial charge in [-0.15, -0.1) is 0 Å². The number of hydrogen-bond acceptors (Lipinski definition) is 6. The molecule has 4 rings (SSSR count). The van der Waals surface area contributed by atoms with E-state index >= 15 is 0 Å². The molecule has 0 radical (unpaired) electrons. The number of anilines is 1. The van der Waals surface area contributed by atoms with E-state index < -0.39 is 0 Å². The maximum absolute atomic E-state index is 12.6. The van der Waals surface area contributed by atoms with Crippen molar-refractivity contribution in [2.45, 2.75) is 32.1 Å². The van der Waals surface area contributed by atoms with Crippen LogP contribution in [0, 0.1) is 5.92 Å². The van der Waals surface area contributed by atoms with Crippen LogP contribution in [0.3, 0.4) is 0 Å². The molecule has 7 nitrogen and oxygen atoms in total. The first-order valence-corrected chi connectivity index (χ1v) is 10.1. The Hall–Kier alpha value is -2.28. The second-order valence-corrected chi connectivity index (χ2v) is 7.57. The summed E-state index contributed by atoms with van der Waals surface area (Å²) in [4.78, 5) is 30.3. The molecule has 4 heterocycles. The standard InChI is InChI=1S/C20H28N6O/c27-20(23-6-4-11-25-9-1-2-10-25)16-5-3-12-26(15-16)17-13-18-19(24-14-17)22-8-7-21-18/h7-8,13-14,16H,1-6,9-12,15H2,(H,23,27)/t16-/m0/s1. The molecule has 2 saturated heterocycles. The van der Waals surface area contributed by atoms with Crippen molar-refractivity contribution in [3.63, 3.8) is 0 Å². The molecule has 0 bridgehead atoms. The summed E-state index contributed by atoms with van der Waals surface area (Å²) in [5.74, 6) is 0.234. The lowest BCUT2D eigenvalue weighted by atomic mass is 9.96. The van der Waals surface area contributed by atoms with E-state index in [1.165, 1.54) is 25.9 Å².